The molecule has 0 radical (unpaired) electrons. The number of hydrogen-bond acceptors (Lipinski definition) is 14. The van der Waals surface area contributed by atoms with Gasteiger partial charge >= 0.3 is 29.8 Å². The Kier molecular flexibility index (Phi) is 11.9. The van der Waals surface area contributed by atoms with Gasteiger partial charge in [0.25, 0.3) is 0 Å². The fraction of sp³-hybridized carbons (Fsp3) is 0.735. The molecular formula is C34H50O14. The summed E-state index contributed by atoms with van der Waals surface area (Å²) in [6.07, 6.45) is -2.54. The minimum atomic E-state index is -2.86. The molecule has 0 aromatic rings. The highest BCUT2D eigenvalue weighted by molar-refractivity contribution is 5.84. The summed E-state index contributed by atoms with van der Waals surface area (Å²) in [5, 5.41) is 47.2. The summed E-state index contributed by atoms with van der Waals surface area (Å²) in [4.78, 5) is 64.6. The molecule has 3 rings (SSSR count). The zero-order chi connectivity index (χ0) is 36.4. The number of esters is 5. The predicted molar refractivity (Wildman–Crippen MR) is 166 cm³/mol. The Morgan fingerprint density at radius 1 is 0.854 bits per heavy atom. The zero-order valence-corrected chi connectivity index (χ0v) is 28.9. The average molecular weight is 683 g/mol. The van der Waals surface area contributed by atoms with E-state index in [4.69, 9.17) is 23.7 Å². The molecule has 0 spiro atoms. The number of unbranched alkanes of at least 4 members (excludes halogenated alkanes) is 4. The van der Waals surface area contributed by atoms with E-state index in [0.29, 0.717) is 6.42 Å². The number of carbonyl (C=O) groups is 5. The van der Waals surface area contributed by atoms with E-state index in [9.17, 15) is 44.4 Å². The first kappa shape index (κ1) is 39.1. The maximum atomic E-state index is 13.3. The van der Waals surface area contributed by atoms with Crippen molar-refractivity contribution in [3.63, 3.8) is 0 Å². The van der Waals surface area contributed by atoms with Gasteiger partial charge in [0.1, 0.15) is 12.2 Å². The number of ether oxygens (including phenoxy) is 5. The van der Waals surface area contributed by atoms with E-state index >= 15 is 0 Å². The van der Waals surface area contributed by atoms with Gasteiger partial charge in [0.2, 0.25) is 0 Å². The minimum Gasteiger partial charge on any atom is -0.459 e. The normalized spacial score (nSPS) is 40.3. The monoisotopic (exact) mass is 682 g/mol. The van der Waals surface area contributed by atoms with Gasteiger partial charge in [0.05, 0.1) is 5.60 Å². The maximum absolute atomic E-state index is 13.3. The van der Waals surface area contributed by atoms with Crippen LogP contribution in [0.2, 0.25) is 0 Å². The molecule has 1 saturated heterocycles. The molecule has 3 aliphatic rings. The summed E-state index contributed by atoms with van der Waals surface area (Å²) in [6, 6.07) is 0. The van der Waals surface area contributed by atoms with Crippen molar-refractivity contribution in [1.82, 2.24) is 0 Å². The van der Waals surface area contributed by atoms with Crippen molar-refractivity contribution in [1.29, 1.82) is 0 Å². The molecule has 1 fully saturated rings. The minimum absolute atomic E-state index is 0.00912. The Hall–Kier alpha value is -3.33. The van der Waals surface area contributed by atoms with E-state index < -0.39 is 94.6 Å². The lowest BCUT2D eigenvalue weighted by Crippen LogP contribution is -2.74. The second kappa shape index (κ2) is 14.7. The van der Waals surface area contributed by atoms with Crippen molar-refractivity contribution in [2.45, 2.75) is 147 Å². The van der Waals surface area contributed by atoms with Crippen LogP contribution in [-0.2, 0) is 47.7 Å². The fourth-order valence-corrected chi connectivity index (χ4v) is 7.29. The van der Waals surface area contributed by atoms with Crippen LogP contribution in [0, 0.1) is 11.3 Å². The maximum Gasteiger partial charge on any atom is 0.341 e. The van der Waals surface area contributed by atoms with Crippen LogP contribution in [0.1, 0.15) is 93.9 Å². The number of fused-ring (bicyclic) bond motifs is 2. The van der Waals surface area contributed by atoms with Gasteiger partial charge in [-0.25, -0.2) is 4.79 Å². The molecule has 0 aromatic heterocycles. The van der Waals surface area contributed by atoms with Crippen molar-refractivity contribution >= 4 is 29.8 Å². The average Bonchev–Trinajstić information content (AvgIpc) is 3.13. The van der Waals surface area contributed by atoms with Gasteiger partial charge in [0.15, 0.2) is 35.6 Å². The molecule has 0 saturated carbocycles. The fourth-order valence-electron chi connectivity index (χ4n) is 7.29. The van der Waals surface area contributed by atoms with Crippen molar-refractivity contribution in [3.8, 4) is 0 Å². The molecule has 14 heteroatoms. The molecule has 0 amide bonds. The van der Waals surface area contributed by atoms with Crippen LogP contribution in [0.25, 0.3) is 0 Å². The molecule has 14 nitrogen and oxygen atoms in total. The smallest absolute Gasteiger partial charge is 0.341 e. The third kappa shape index (κ3) is 7.31. The number of carbonyl (C=O) groups excluding carboxylic acids is 5. The SMILES string of the molecule is CCCCCCCC(=O)O[C@H]1/C(C)=C\[C@@H]2OC(=O)[C@](C)(O)[C@@]2(O)[C@@H](OC(C)=O)[C@H]2[C@](C)(O)[C@H](O)C=C[C@]2(C)[C@@H](OC(C)=O)[C@@H]1OC(C)=O. The van der Waals surface area contributed by atoms with Crippen LogP contribution >= 0.6 is 0 Å². The summed E-state index contributed by atoms with van der Waals surface area (Å²) in [5.41, 5.74) is -9.80. The third-order valence-electron chi connectivity index (χ3n) is 9.82. The van der Waals surface area contributed by atoms with Crippen LogP contribution in [-0.4, -0.2) is 104 Å². The molecular weight excluding hydrogens is 632 g/mol. The number of rotatable bonds is 10. The van der Waals surface area contributed by atoms with E-state index in [1.54, 1.807) is 0 Å². The zero-order valence-electron chi connectivity index (χ0n) is 28.9. The largest absolute Gasteiger partial charge is 0.459 e. The summed E-state index contributed by atoms with van der Waals surface area (Å²) >= 11 is 0. The first-order valence-corrected chi connectivity index (χ1v) is 16.3. The summed E-state index contributed by atoms with van der Waals surface area (Å²) in [6.45, 7) is 10.2. The van der Waals surface area contributed by atoms with Gasteiger partial charge in [-0.2, -0.15) is 0 Å². The predicted octanol–water partition coefficient (Wildman–Crippen LogP) is 1.73. The lowest BCUT2D eigenvalue weighted by atomic mass is 9.53. The molecule has 48 heavy (non-hydrogen) atoms. The summed E-state index contributed by atoms with van der Waals surface area (Å²) in [5.74, 6) is -6.48. The Labute approximate surface area is 280 Å². The standard InChI is InChI=1S/C34H50O14/c1-9-10-11-12-13-14-24(39)48-25-18(2)17-23-34(43,33(8,42)30(40)47-23)29(46-21(5)37)27-31(6,16-15-22(38)32(27,7)41)28(45-20(4)36)26(25)44-19(3)35/h15-17,22-23,25-29,38,41-43H,9-14H2,1-8H3/b18-17-/t22-,23+,25+,26-,27-,28+,29+,31+,32-,33+,34+/m1/s1. The quantitative estimate of drug-likeness (QED) is 0.112. The van der Waals surface area contributed by atoms with Crippen molar-refractivity contribution in [2.24, 2.45) is 11.3 Å². The molecule has 0 unspecified atom stereocenters. The third-order valence-corrected chi connectivity index (χ3v) is 9.82. The van der Waals surface area contributed by atoms with Crippen LogP contribution < -0.4 is 0 Å². The summed E-state index contributed by atoms with van der Waals surface area (Å²) < 4.78 is 28.7. The topological polar surface area (TPSA) is 212 Å². The van der Waals surface area contributed by atoms with Crippen molar-refractivity contribution in [3.05, 3.63) is 23.8 Å². The number of aliphatic hydroxyl groups is 4. The van der Waals surface area contributed by atoms with Crippen LogP contribution in [0.3, 0.4) is 0 Å². The van der Waals surface area contributed by atoms with Crippen LogP contribution in [0.4, 0.5) is 0 Å². The highest BCUT2D eigenvalue weighted by atomic mass is 16.6. The summed E-state index contributed by atoms with van der Waals surface area (Å²) in [7, 11) is 0. The van der Waals surface area contributed by atoms with E-state index in [2.05, 4.69) is 6.92 Å². The molecule has 0 aromatic carbocycles. The molecule has 11 atom stereocenters. The van der Waals surface area contributed by atoms with E-state index in [-0.39, 0.29) is 12.0 Å². The molecule has 1 heterocycles. The number of aliphatic hydroxyl groups excluding tert-OH is 1. The molecule has 0 bridgehead atoms. The molecule has 270 valence electrons. The van der Waals surface area contributed by atoms with Gasteiger partial charge < -0.3 is 44.1 Å². The first-order chi connectivity index (χ1) is 22.2. The Morgan fingerprint density at radius 2 is 1.42 bits per heavy atom. The van der Waals surface area contributed by atoms with Gasteiger partial charge in [-0.05, 0) is 38.8 Å². The Balaban J connectivity index is 2.42. The highest BCUT2D eigenvalue weighted by Gasteiger charge is 2.75. The van der Waals surface area contributed by atoms with Crippen molar-refractivity contribution < 1.29 is 68.1 Å². The second-order valence-electron chi connectivity index (χ2n) is 13.7. The molecule has 1 aliphatic heterocycles. The molecule has 4 N–H and O–H groups in total. The Bertz CT molecular complexity index is 1320. The van der Waals surface area contributed by atoms with Gasteiger partial charge in [-0.3, -0.25) is 19.2 Å². The Morgan fingerprint density at radius 3 is 1.98 bits per heavy atom. The van der Waals surface area contributed by atoms with E-state index in [0.717, 1.165) is 59.5 Å². The second-order valence-corrected chi connectivity index (χ2v) is 13.7. The first-order valence-electron chi connectivity index (χ1n) is 16.3. The van der Waals surface area contributed by atoms with E-state index in [1.165, 1.54) is 32.9 Å². The molecule has 2 aliphatic carbocycles. The van der Waals surface area contributed by atoms with Gasteiger partial charge in [-0.15, -0.1) is 0 Å². The van der Waals surface area contributed by atoms with Crippen molar-refractivity contribution in [2.75, 3.05) is 0 Å². The van der Waals surface area contributed by atoms with Gasteiger partial charge in [0, 0.05) is 38.5 Å². The lowest BCUT2D eigenvalue weighted by Gasteiger charge is -2.57. The van der Waals surface area contributed by atoms with Crippen LogP contribution in [0.5, 0.6) is 0 Å². The highest BCUT2D eigenvalue weighted by Crippen LogP contribution is 2.56. The van der Waals surface area contributed by atoms with E-state index in [1.807, 2.05) is 0 Å². The van der Waals surface area contributed by atoms with Crippen LogP contribution in [0.15, 0.2) is 23.8 Å². The number of hydrogen-bond donors (Lipinski definition) is 4. The van der Waals surface area contributed by atoms with Gasteiger partial charge in [-0.1, -0.05) is 51.7 Å². The lowest BCUT2D eigenvalue weighted by molar-refractivity contribution is -0.264.